The van der Waals surface area contributed by atoms with Crippen molar-refractivity contribution in [2.45, 2.75) is 18.9 Å². The number of aliphatic hydroxyl groups excluding tert-OH is 1. The van der Waals surface area contributed by atoms with E-state index in [1.54, 1.807) is 12.1 Å². The molecule has 94 valence electrons. The lowest BCUT2D eigenvalue weighted by Gasteiger charge is -2.10. The van der Waals surface area contributed by atoms with Gasteiger partial charge in [0.25, 0.3) is 0 Å². The number of hydrogen-bond donors (Lipinski definition) is 2. The summed E-state index contributed by atoms with van der Waals surface area (Å²) < 4.78 is 0. The van der Waals surface area contributed by atoms with Crippen molar-refractivity contribution in [1.82, 2.24) is 9.97 Å². The Labute approximate surface area is 110 Å². The van der Waals surface area contributed by atoms with Gasteiger partial charge in [-0.15, -0.1) is 0 Å². The van der Waals surface area contributed by atoms with E-state index < -0.39 is 6.10 Å². The van der Waals surface area contributed by atoms with Crippen LogP contribution in [0.2, 0.25) is 0 Å². The highest BCUT2D eigenvalue weighted by Crippen LogP contribution is 2.33. The summed E-state index contributed by atoms with van der Waals surface area (Å²) in [6.07, 6.45) is 2.44. The zero-order valence-corrected chi connectivity index (χ0v) is 10.2. The number of nitrogens with zero attached hydrogens (tertiary/aromatic N) is 3. The first-order valence-electron chi connectivity index (χ1n) is 6.07. The van der Waals surface area contributed by atoms with E-state index in [-0.39, 0.29) is 0 Å². The fraction of sp³-hybridized carbons (Fsp3) is 0.214. The molecule has 19 heavy (non-hydrogen) atoms. The Hall–Kier alpha value is -2.45. The van der Waals surface area contributed by atoms with Gasteiger partial charge in [0, 0.05) is 11.3 Å². The van der Waals surface area contributed by atoms with E-state index in [1.807, 2.05) is 12.1 Å². The molecule has 1 aliphatic carbocycles. The maximum absolute atomic E-state index is 9.79. The van der Waals surface area contributed by atoms with Crippen LogP contribution in [0.3, 0.4) is 0 Å². The minimum atomic E-state index is -0.487. The number of rotatable bonds is 2. The molecule has 5 heteroatoms. The first-order chi connectivity index (χ1) is 9.28. The molecule has 1 aliphatic rings. The molecule has 1 heterocycles. The molecule has 5 nitrogen and oxygen atoms in total. The number of anilines is 2. The molecule has 2 N–H and O–H groups in total. The molecule has 0 radical (unpaired) electrons. The third kappa shape index (κ3) is 2.14. The molecule has 0 saturated carbocycles. The number of aromatic nitrogens is 2. The monoisotopic (exact) mass is 252 g/mol. The summed E-state index contributed by atoms with van der Waals surface area (Å²) in [6, 6.07) is 9.24. The Balaban J connectivity index is 1.90. The van der Waals surface area contributed by atoms with Crippen molar-refractivity contribution in [3.05, 3.63) is 47.4 Å². The second kappa shape index (κ2) is 4.67. The predicted molar refractivity (Wildman–Crippen MR) is 69.8 cm³/mol. The summed E-state index contributed by atoms with van der Waals surface area (Å²) in [5, 5.41) is 21.7. The van der Waals surface area contributed by atoms with Gasteiger partial charge in [-0.05, 0) is 37.1 Å². The van der Waals surface area contributed by atoms with E-state index in [2.05, 4.69) is 21.4 Å². The molecule has 0 unspecified atom stereocenters. The molecular formula is C14H12N4O. The van der Waals surface area contributed by atoms with Gasteiger partial charge in [-0.3, -0.25) is 0 Å². The zero-order valence-electron chi connectivity index (χ0n) is 10.2. The number of aliphatic hydroxyl groups is 1. The predicted octanol–water partition coefficient (Wildman–Crippen LogP) is 2.07. The normalized spacial score (nSPS) is 16.7. The van der Waals surface area contributed by atoms with E-state index in [4.69, 9.17) is 5.26 Å². The quantitative estimate of drug-likeness (QED) is 0.855. The van der Waals surface area contributed by atoms with Crippen LogP contribution >= 0.6 is 0 Å². The molecule has 2 aromatic rings. The fourth-order valence-corrected chi connectivity index (χ4v) is 2.25. The lowest BCUT2D eigenvalue weighted by Crippen LogP contribution is -2.01. The Morgan fingerprint density at radius 2 is 2.05 bits per heavy atom. The van der Waals surface area contributed by atoms with Crippen molar-refractivity contribution < 1.29 is 5.11 Å². The summed E-state index contributed by atoms with van der Waals surface area (Å²) in [5.74, 6) is 0.728. The Kier molecular flexibility index (Phi) is 2.86. The number of hydrogen-bond acceptors (Lipinski definition) is 5. The SMILES string of the molecule is N#Cc1ccc(Nc2ncnc3c2CC[C@@H]3O)cc1. The summed E-state index contributed by atoms with van der Waals surface area (Å²) in [7, 11) is 0. The van der Waals surface area contributed by atoms with Crippen LogP contribution in [0.1, 0.15) is 29.3 Å². The summed E-state index contributed by atoms with van der Waals surface area (Å²) in [6.45, 7) is 0. The molecule has 1 aromatic carbocycles. The molecule has 0 spiro atoms. The third-order valence-corrected chi connectivity index (χ3v) is 3.24. The summed E-state index contributed by atoms with van der Waals surface area (Å²) >= 11 is 0. The van der Waals surface area contributed by atoms with Crippen molar-refractivity contribution in [1.29, 1.82) is 5.26 Å². The minimum absolute atomic E-state index is 0.487. The zero-order chi connectivity index (χ0) is 13.2. The molecule has 0 amide bonds. The Morgan fingerprint density at radius 3 is 2.79 bits per heavy atom. The van der Waals surface area contributed by atoms with E-state index in [0.29, 0.717) is 17.7 Å². The van der Waals surface area contributed by atoms with Crippen LogP contribution in [0.15, 0.2) is 30.6 Å². The van der Waals surface area contributed by atoms with Crippen molar-refractivity contribution >= 4 is 11.5 Å². The van der Waals surface area contributed by atoms with Gasteiger partial charge >= 0.3 is 0 Å². The molecule has 0 aliphatic heterocycles. The van der Waals surface area contributed by atoms with Crippen molar-refractivity contribution in [3.63, 3.8) is 0 Å². The van der Waals surface area contributed by atoms with Gasteiger partial charge in [0.15, 0.2) is 0 Å². The number of fused-ring (bicyclic) bond motifs is 1. The smallest absolute Gasteiger partial charge is 0.137 e. The number of nitrogens with one attached hydrogen (secondary N) is 1. The van der Waals surface area contributed by atoms with Crippen molar-refractivity contribution in [2.75, 3.05) is 5.32 Å². The molecular weight excluding hydrogens is 240 g/mol. The van der Waals surface area contributed by atoms with Gasteiger partial charge in [-0.1, -0.05) is 0 Å². The van der Waals surface area contributed by atoms with Gasteiger partial charge in [0.2, 0.25) is 0 Å². The molecule has 3 rings (SSSR count). The fourth-order valence-electron chi connectivity index (χ4n) is 2.25. The highest BCUT2D eigenvalue weighted by Gasteiger charge is 2.24. The van der Waals surface area contributed by atoms with Gasteiger partial charge < -0.3 is 10.4 Å². The second-order valence-corrected chi connectivity index (χ2v) is 4.45. The largest absolute Gasteiger partial charge is 0.387 e. The topological polar surface area (TPSA) is 81.8 Å². The van der Waals surface area contributed by atoms with E-state index in [0.717, 1.165) is 23.5 Å². The standard InChI is InChI=1S/C14H12N4O/c15-7-9-1-3-10(4-2-9)18-14-11-5-6-12(19)13(11)16-8-17-14/h1-4,8,12,19H,5-6H2,(H,16,17,18)/t12-/m0/s1. The van der Waals surface area contributed by atoms with Crippen LogP contribution < -0.4 is 5.32 Å². The van der Waals surface area contributed by atoms with Crippen LogP contribution in [-0.2, 0) is 6.42 Å². The summed E-state index contributed by atoms with van der Waals surface area (Å²) in [5.41, 5.74) is 3.17. The van der Waals surface area contributed by atoms with Crippen molar-refractivity contribution in [3.8, 4) is 6.07 Å². The second-order valence-electron chi connectivity index (χ2n) is 4.45. The minimum Gasteiger partial charge on any atom is -0.387 e. The van der Waals surface area contributed by atoms with Crippen LogP contribution in [0, 0.1) is 11.3 Å². The van der Waals surface area contributed by atoms with Gasteiger partial charge in [-0.2, -0.15) is 5.26 Å². The van der Waals surface area contributed by atoms with Crippen LogP contribution in [0.5, 0.6) is 0 Å². The average molecular weight is 252 g/mol. The van der Waals surface area contributed by atoms with Crippen LogP contribution in [0.25, 0.3) is 0 Å². The van der Waals surface area contributed by atoms with E-state index >= 15 is 0 Å². The average Bonchev–Trinajstić information content (AvgIpc) is 2.83. The van der Waals surface area contributed by atoms with Gasteiger partial charge in [0.05, 0.1) is 23.4 Å². The van der Waals surface area contributed by atoms with E-state index in [9.17, 15) is 5.11 Å². The molecule has 0 fully saturated rings. The first kappa shape index (κ1) is 11.6. The highest BCUT2D eigenvalue weighted by atomic mass is 16.3. The van der Waals surface area contributed by atoms with Gasteiger partial charge in [0.1, 0.15) is 12.1 Å². The molecule has 0 bridgehead atoms. The van der Waals surface area contributed by atoms with E-state index in [1.165, 1.54) is 6.33 Å². The third-order valence-electron chi connectivity index (χ3n) is 3.24. The van der Waals surface area contributed by atoms with Crippen LogP contribution in [0.4, 0.5) is 11.5 Å². The van der Waals surface area contributed by atoms with Crippen LogP contribution in [-0.4, -0.2) is 15.1 Å². The Bertz CT molecular complexity index is 645. The highest BCUT2D eigenvalue weighted by molar-refractivity contribution is 5.61. The van der Waals surface area contributed by atoms with Crippen molar-refractivity contribution in [2.24, 2.45) is 0 Å². The first-order valence-corrected chi connectivity index (χ1v) is 6.07. The lowest BCUT2D eigenvalue weighted by molar-refractivity contribution is 0.175. The molecule has 1 atom stereocenters. The molecule has 0 saturated heterocycles. The van der Waals surface area contributed by atoms with Gasteiger partial charge in [-0.25, -0.2) is 9.97 Å². The number of benzene rings is 1. The Morgan fingerprint density at radius 1 is 1.26 bits per heavy atom. The maximum Gasteiger partial charge on any atom is 0.137 e. The maximum atomic E-state index is 9.79. The molecule has 1 aromatic heterocycles. The lowest BCUT2D eigenvalue weighted by atomic mass is 10.2. The summed E-state index contributed by atoms with van der Waals surface area (Å²) in [4.78, 5) is 8.35. The number of nitriles is 1.